The first-order valence-corrected chi connectivity index (χ1v) is 10.9. The number of esters is 1. The van der Waals surface area contributed by atoms with Gasteiger partial charge in [0.1, 0.15) is 11.5 Å². The third-order valence-electron chi connectivity index (χ3n) is 6.79. The molecule has 1 aromatic carbocycles. The van der Waals surface area contributed by atoms with Crippen molar-refractivity contribution < 1.29 is 31.8 Å². The number of hydrogen-bond donors (Lipinski definition) is 0. The molecule has 2 aliphatic carbocycles. The lowest BCUT2D eigenvalue weighted by atomic mass is 9.69. The zero-order valence-corrected chi connectivity index (χ0v) is 17.3. The number of carbonyl (C=O) groups excluding carboxylic acids is 1. The first-order chi connectivity index (χ1) is 14.3. The van der Waals surface area contributed by atoms with Crippen molar-refractivity contribution in [1.82, 2.24) is 0 Å². The smallest absolute Gasteiger partial charge is 0.428 e. The van der Waals surface area contributed by atoms with Gasteiger partial charge in [0.2, 0.25) is 0 Å². The Kier molecular flexibility index (Phi) is 7.64. The Morgan fingerprint density at radius 2 is 1.43 bits per heavy atom. The molecule has 168 valence electrons. The van der Waals surface area contributed by atoms with Crippen LogP contribution in [0.5, 0.6) is 11.5 Å². The SMILES string of the molecule is CC[C@H]1CC[C@H](C2CCC(C(=O)Oc3ccc(OC(F)(F)C(F)F)cc3)CC2)CC1. The van der Waals surface area contributed by atoms with Crippen LogP contribution in [0.25, 0.3) is 0 Å². The second kappa shape index (κ2) is 10.0. The van der Waals surface area contributed by atoms with Crippen molar-refractivity contribution in [2.24, 2.45) is 23.7 Å². The van der Waals surface area contributed by atoms with Crippen LogP contribution in [0.3, 0.4) is 0 Å². The summed E-state index contributed by atoms with van der Waals surface area (Å²) in [6, 6.07) is 4.71. The van der Waals surface area contributed by atoms with Gasteiger partial charge in [0, 0.05) is 0 Å². The number of carbonyl (C=O) groups is 1. The van der Waals surface area contributed by atoms with Gasteiger partial charge in [-0.15, -0.1) is 0 Å². The highest BCUT2D eigenvalue weighted by atomic mass is 19.3. The highest BCUT2D eigenvalue weighted by molar-refractivity contribution is 5.75. The summed E-state index contributed by atoms with van der Waals surface area (Å²) in [5, 5.41) is 0. The second-order valence-corrected chi connectivity index (χ2v) is 8.66. The normalized spacial score (nSPS) is 27.7. The molecule has 3 nitrogen and oxygen atoms in total. The maximum absolute atomic E-state index is 12.9. The summed E-state index contributed by atoms with van der Waals surface area (Å²) in [5.74, 6) is 1.64. The van der Waals surface area contributed by atoms with Gasteiger partial charge in [0.25, 0.3) is 0 Å². The standard InChI is InChI=1S/C23H30F4O3/c1-2-15-3-5-16(6-4-15)17-7-9-18(10-8-17)21(28)29-19-11-13-20(14-12-19)30-23(26,27)22(24)25/h11-18,22H,2-10H2,1H3/t15-,16-,17?,18?. The Morgan fingerprint density at radius 3 is 1.93 bits per heavy atom. The van der Waals surface area contributed by atoms with Crippen molar-refractivity contribution in [3.63, 3.8) is 0 Å². The lowest BCUT2D eigenvalue weighted by Crippen LogP contribution is -2.33. The molecule has 0 radical (unpaired) electrons. The van der Waals surface area contributed by atoms with Crippen molar-refractivity contribution in [3.05, 3.63) is 24.3 Å². The van der Waals surface area contributed by atoms with Gasteiger partial charge in [-0.25, -0.2) is 0 Å². The molecule has 0 unspecified atom stereocenters. The molecule has 0 heterocycles. The van der Waals surface area contributed by atoms with Crippen LogP contribution in [0.2, 0.25) is 0 Å². The highest BCUT2D eigenvalue weighted by Gasteiger charge is 2.44. The minimum Gasteiger partial charge on any atom is -0.428 e. The van der Waals surface area contributed by atoms with Crippen molar-refractivity contribution in [2.75, 3.05) is 0 Å². The van der Waals surface area contributed by atoms with E-state index >= 15 is 0 Å². The van der Waals surface area contributed by atoms with Crippen molar-refractivity contribution in [1.29, 1.82) is 0 Å². The maximum atomic E-state index is 12.9. The molecule has 2 aliphatic rings. The Labute approximate surface area is 175 Å². The van der Waals surface area contributed by atoms with Crippen molar-refractivity contribution in [2.45, 2.75) is 77.2 Å². The number of alkyl halides is 4. The number of rotatable bonds is 7. The minimum atomic E-state index is -4.56. The molecular weight excluding hydrogens is 400 g/mol. The summed E-state index contributed by atoms with van der Waals surface area (Å²) in [4.78, 5) is 12.5. The summed E-state index contributed by atoms with van der Waals surface area (Å²) >= 11 is 0. The minimum absolute atomic E-state index is 0.160. The van der Waals surface area contributed by atoms with E-state index in [1.54, 1.807) is 0 Å². The summed E-state index contributed by atoms with van der Waals surface area (Å²) in [7, 11) is 0. The molecular formula is C23H30F4O3. The zero-order chi connectivity index (χ0) is 21.7. The fraction of sp³-hybridized carbons (Fsp3) is 0.696. The maximum Gasteiger partial charge on any atom is 0.461 e. The molecule has 1 aromatic rings. The van der Waals surface area contributed by atoms with E-state index in [4.69, 9.17) is 4.74 Å². The van der Waals surface area contributed by atoms with E-state index in [0.29, 0.717) is 5.92 Å². The fourth-order valence-electron chi connectivity index (χ4n) is 4.87. The van der Waals surface area contributed by atoms with Crippen LogP contribution in [-0.2, 0) is 4.79 Å². The van der Waals surface area contributed by atoms with E-state index in [0.717, 1.165) is 49.7 Å². The molecule has 3 rings (SSSR count). The molecule has 2 fully saturated rings. The number of benzene rings is 1. The van der Waals surface area contributed by atoms with Gasteiger partial charge in [-0.05, 0) is 80.5 Å². The third kappa shape index (κ3) is 5.88. The van der Waals surface area contributed by atoms with Gasteiger partial charge < -0.3 is 9.47 Å². The lowest BCUT2D eigenvalue weighted by Gasteiger charge is -2.37. The monoisotopic (exact) mass is 430 g/mol. The Balaban J connectivity index is 1.44. The quantitative estimate of drug-likeness (QED) is 0.270. The molecule has 30 heavy (non-hydrogen) atoms. The molecule has 7 heteroatoms. The van der Waals surface area contributed by atoms with E-state index < -0.39 is 18.3 Å². The van der Waals surface area contributed by atoms with Crippen LogP contribution in [0.4, 0.5) is 17.6 Å². The average Bonchev–Trinajstić information content (AvgIpc) is 2.75. The predicted molar refractivity (Wildman–Crippen MR) is 105 cm³/mol. The summed E-state index contributed by atoms with van der Waals surface area (Å²) in [5.41, 5.74) is 0. The number of hydrogen-bond acceptors (Lipinski definition) is 3. The van der Waals surface area contributed by atoms with Crippen LogP contribution >= 0.6 is 0 Å². The van der Waals surface area contributed by atoms with Gasteiger partial charge in [0.15, 0.2) is 0 Å². The molecule has 0 spiro atoms. The van der Waals surface area contributed by atoms with E-state index in [9.17, 15) is 22.4 Å². The lowest BCUT2D eigenvalue weighted by molar-refractivity contribution is -0.253. The Morgan fingerprint density at radius 1 is 0.933 bits per heavy atom. The van der Waals surface area contributed by atoms with Crippen molar-refractivity contribution >= 4 is 5.97 Å². The third-order valence-corrected chi connectivity index (χ3v) is 6.79. The van der Waals surface area contributed by atoms with E-state index in [1.807, 2.05) is 0 Å². The highest BCUT2D eigenvalue weighted by Crippen LogP contribution is 2.42. The van der Waals surface area contributed by atoms with Crippen LogP contribution in [0, 0.1) is 23.7 Å². The predicted octanol–water partition coefficient (Wildman–Crippen LogP) is 6.85. The van der Waals surface area contributed by atoms with Crippen LogP contribution in [-0.4, -0.2) is 18.5 Å². The van der Waals surface area contributed by atoms with E-state index in [2.05, 4.69) is 11.7 Å². The Hall–Kier alpha value is -1.79. The molecule has 0 bridgehead atoms. The molecule has 0 saturated heterocycles. The molecule has 0 amide bonds. The topological polar surface area (TPSA) is 35.5 Å². The number of ether oxygens (including phenoxy) is 2. The summed E-state index contributed by atoms with van der Waals surface area (Å²) < 4.78 is 59.6. The molecule has 0 aliphatic heterocycles. The molecule has 2 saturated carbocycles. The first kappa shape index (κ1) is 22.9. The van der Waals surface area contributed by atoms with Gasteiger partial charge in [-0.2, -0.15) is 17.6 Å². The van der Waals surface area contributed by atoms with Crippen molar-refractivity contribution in [3.8, 4) is 11.5 Å². The second-order valence-electron chi connectivity index (χ2n) is 8.66. The number of halogens is 4. The van der Waals surface area contributed by atoms with Gasteiger partial charge in [0.05, 0.1) is 5.92 Å². The van der Waals surface area contributed by atoms with E-state index in [-0.39, 0.29) is 17.6 Å². The molecule has 0 N–H and O–H groups in total. The van der Waals surface area contributed by atoms with Crippen LogP contribution in [0.15, 0.2) is 24.3 Å². The van der Waals surface area contributed by atoms with Gasteiger partial charge in [-0.3, -0.25) is 4.79 Å². The zero-order valence-electron chi connectivity index (χ0n) is 17.3. The Bertz CT molecular complexity index is 676. The fourth-order valence-corrected chi connectivity index (χ4v) is 4.87. The van der Waals surface area contributed by atoms with E-state index in [1.165, 1.54) is 44.2 Å². The summed E-state index contributed by atoms with van der Waals surface area (Å²) in [6.45, 7) is 2.26. The summed E-state index contributed by atoms with van der Waals surface area (Å²) in [6.07, 6.45) is 1.73. The van der Waals surface area contributed by atoms with Gasteiger partial charge in [-0.1, -0.05) is 26.2 Å². The molecule has 0 aromatic heterocycles. The first-order valence-electron chi connectivity index (χ1n) is 10.9. The van der Waals surface area contributed by atoms with Crippen LogP contribution < -0.4 is 9.47 Å². The van der Waals surface area contributed by atoms with Crippen LogP contribution in [0.1, 0.15) is 64.7 Å². The largest absolute Gasteiger partial charge is 0.461 e. The molecule has 0 atom stereocenters. The average molecular weight is 430 g/mol. The van der Waals surface area contributed by atoms with Gasteiger partial charge >= 0.3 is 18.5 Å².